The van der Waals surface area contributed by atoms with Gasteiger partial charge in [-0.1, -0.05) is 0 Å². The summed E-state index contributed by atoms with van der Waals surface area (Å²) < 4.78 is 37.8. The summed E-state index contributed by atoms with van der Waals surface area (Å²) in [7, 11) is 0. The highest BCUT2D eigenvalue weighted by Crippen LogP contribution is 2.35. The number of hydrogen-bond acceptors (Lipinski definition) is 2. The summed E-state index contributed by atoms with van der Waals surface area (Å²) in [6.45, 7) is 3.82. The third-order valence-corrected chi connectivity index (χ3v) is 2.94. The van der Waals surface area contributed by atoms with E-state index in [2.05, 4.69) is 0 Å². The van der Waals surface area contributed by atoms with Crippen molar-refractivity contribution in [2.24, 2.45) is 5.73 Å². The summed E-state index contributed by atoms with van der Waals surface area (Å²) in [5.41, 5.74) is 4.82. The van der Waals surface area contributed by atoms with Crippen LogP contribution in [-0.2, 0) is 0 Å². The molecule has 0 amide bonds. The van der Waals surface area contributed by atoms with Gasteiger partial charge in [0.1, 0.15) is 6.04 Å². The Bertz CT molecular complexity index is 201. The Hall–Kier alpha value is -0.290. The van der Waals surface area contributed by atoms with Crippen molar-refractivity contribution >= 4 is 0 Å². The lowest BCUT2D eigenvalue weighted by molar-refractivity contribution is -0.189. The van der Waals surface area contributed by atoms with Crippen LogP contribution in [-0.4, -0.2) is 35.7 Å². The normalized spacial score (nSPS) is 25.3. The average Bonchev–Trinajstić information content (AvgIpc) is 2.30. The molecule has 1 fully saturated rings. The molecular weight excluding hydrogens is 193 g/mol. The van der Waals surface area contributed by atoms with Crippen LogP contribution < -0.4 is 5.73 Å². The minimum absolute atomic E-state index is 0.354. The molecule has 1 aliphatic heterocycles. The first kappa shape index (κ1) is 11.8. The van der Waals surface area contributed by atoms with Gasteiger partial charge in [-0.05, 0) is 33.2 Å². The van der Waals surface area contributed by atoms with Gasteiger partial charge in [0.05, 0.1) is 0 Å². The highest BCUT2D eigenvalue weighted by Gasteiger charge is 2.48. The zero-order valence-electron chi connectivity index (χ0n) is 8.56. The van der Waals surface area contributed by atoms with Crippen molar-refractivity contribution in [2.45, 2.75) is 44.4 Å². The molecule has 1 unspecified atom stereocenters. The van der Waals surface area contributed by atoms with E-state index >= 15 is 0 Å². The van der Waals surface area contributed by atoms with Crippen LogP contribution in [0.25, 0.3) is 0 Å². The number of likely N-dealkylation sites (tertiary alicyclic amines) is 1. The molecule has 14 heavy (non-hydrogen) atoms. The Balaban J connectivity index is 2.80. The fourth-order valence-electron chi connectivity index (χ4n) is 2.14. The zero-order valence-corrected chi connectivity index (χ0v) is 8.56. The molecule has 1 rings (SSSR count). The fourth-order valence-corrected chi connectivity index (χ4v) is 2.14. The van der Waals surface area contributed by atoms with Crippen LogP contribution in [0.4, 0.5) is 13.2 Å². The van der Waals surface area contributed by atoms with Gasteiger partial charge in [0, 0.05) is 12.1 Å². The third kappa shape index (κ3) is 2.20. The zero-order chi connectivity index (χ0) is 11.0. The molecule has 1 heterocycles. The molecule has 2 nitrogen and oxygen atoms in total. The molecule has 0 aromatic carbocycles. The predicted molar refractivity (Wildman–Crippen MR) is 48.9 cm³/mol. The van der Waals surface area contributed by atoms with Crippen molar-refractivity contribution < 1.29 is 13.2 Å². The summed E-state index contributed by atoms with van der Waals surface area (Å²) in [4.78, 5) is 1.48. The maximum Gasteiger partial charge on any atom is 0.405 e. The Morgan fingerprint density at radius 1 is 1.43 bits per heavy atom. The largest absolute Gasteiger partial charge is 0.405 e. The van der Waals surface area contributed by atoms with Gasteiger partial charge in [0.15, 0.2) is 0 Å². The lowest BCUT2D eigenvalue weighted by Gasteiger charge is -2.38. The van der Waals surface area contributed by atoms with Gasteiger partial charge in [-0.25, -0.2) is 0 Å². The van der Waals surface area contributed by atoms with E-state index in [1.165, 1.54) is 4.90 Å². The molecule has 0 spiro atoms. The minimum Gasteiger partial charge on any atom is -0.329 e. The lowest BCUT2D eigenvalue weighted by Crippen LogP contribution is -2.55. The SMILES string of the molecule is CC1(C)CCCN1C(CN)C(F)(F)F. The number of nitrogens with zero attached hydrogens (tertiary/aromatic N) is 1. The molecule has 5 heteroatoms. The van der Waals surface area contributed by atoms with Gasteiger partial charge in [0.2, 0.25) is 0 Å². The molecule has 0 aliphatic carbocycles. The van der Waals surface area contributed by atoms with E-state index in [0.717, 1.165) is 12.8 Å². The summed E-state index contributed by atoms with van der Waals surface area (Å²) >= 11 is 0. The summed E-state index contributed by atoms with van der Waals surface area (Å²) in [5, 5.41) is 0. The van der Waals surface area contributed by atoms with Crippen LogP contribution in [0.15, 0.2) is 0 Å². The monoisotopic (exact) mass is 210 g/mol. The second kappa shape index (κ2) is 3.70. The van der Waals surface area contributed by atoms with Gasteiger partial charge in [-0.3, -0.25) is 4.90 Å². The van der Waals surface area contributed by atoms with E-state index < -0.39 is 12.2 Å². The Morgan fingerprint density at radius 3 is 2.29 bits per heavy atom. The first-order valence-electron chi connectivity index (χ1n) is 4.82. The molecule has 1 atom stereocenters. The quantitative estimate of drug-likeness (QED) is 0.752. The van der Waals surface area contributed by atoms with Gasteiger partial charge in [0.25, 0.3) is 0 Å². The van der Waals surface area contributed by atoms with E-state index in [-0.39, 0.29) is 12.1 Å². The van der Waals surface area contributed by atoms with Crippen molar-refractivity contribution in [2.75, 3.05) is 13.1 Å². The van der Waals surface area contributed by atoms with E-state index in [9.17, 15) is 13.2 Å². The molecule has 2 N–H and O–H groups in total. The van der Waals surface area contributed by atoms with Gasteiger partial charge >= 0.3 is 6.18 Å². The molecule has 0 saturated carbocycles. The summed E-state index contributed by atoms with van der Waals surface area (Å²) in [6.07, 6.45) is -2.59. The van der Waals surface area contributed by atoms with Crippen molar-refractivity contribution in [3.8, 4) is 0 Å². The van der Waals surface area contributed by atoms with Gasteiger partial charge in [-0.2, -0.15) is 13.2 Å². The molecule has 84 valence electrons. The highest BCUT2D eigenvalue weighted by molar-refractivity contribution is 4.94. The van der Waals surface area contributed by atoms with E-state index in [1.54, 1.807) is 0 Å². The van der Waals surface area contributed by atoms with Crippen molar-refractivity contribution in [3.05, 3.63) is 0 Å². The molecular formula is C9H17F3N2. The van der Waals surface area contributed by atoms with Crippen LogP contribution in [0.3, 0.4) is 0 Å². The van der Waals surface area contributed by atoms with Crippen molar-refractivity contribution in [1.29, 1.82) is 0 Å². The topological polar surface area (TPSA) is 29.3 Å². The molecule has 1 aliphatic rings. The van der Waals surface area contributed by atoms with Crippen LogP contribution in [0.2, 0.25) is 0 Å². The van der Waals surface area contributed by atoms with Crippen LogP contribution in [0, 0.1) is 0 Å². The second-order valence-corrected chi connectivity index (χ2v) is 4.40. The summed E-state index contributed by atoms with van der Waals surface area (Å²) in [6, 6.07) is -1.49. The first-order chi connectivity index (χ1) is 6.29. The molecule has 0 aromatic heterocycles. The smallest absolute Gasteiger partial charge is 0.329 e. The minimum atomic E-state index is -4.21. The second-order valence-electron chi connectivity index (χ2n) is 4.40. The predicted octanol–water partition coefficient (Wildman–Crippen LogP) is 1.75. The van der Waals surface area contributed by atoms with Gasteiger partial charge in [-0.15, -0.1) is 0 Å². The van der Waals surface area contributed by atoms with Crippen LogP contribution >= 0.6 is 0 Å². The Kier molecular flexibility index (Phi) is 3.11. The van der Waals surface area contributed by atoms with Crippen molar-refractivity contribution in [1.82, 2.24) is 4.90 Å². The van der Waals surface area contributed by atoms with E-state index in [4.69, 9.17) is 5.73 Å². The molecule has 0 aromatic rings. The fraction of sp³-hybridized carbons (Fsp3) is 1.00. The maximum atomic E-state index is 12.6. The molecule has 0 bridgehead atoms. The van der Waals surface area contributed by atoms with Crippen LogP contribution in [0.1, 0.15) is 26.7 Å². The Labute approximate surface area is 82.2 Å². The van der Waals surface area contributed by atoms with Gasteiger partial charge < -0.3 is 5.73 Å². The third-order valence-electron chi connectivity index (χ3n) is 2.94. The number of alkyl halides is 3. The van der Waals surface area contributed by atoms with E-state index in [1.807, 2.05) is 13.8 Å². The standard InChI is InChI=1S/C9H17F3N2/c1-8(2)4-3-5-14(8)7(6-13)9(10,11)12/h7H,3-6,13H2,1-2H3. The molecule has 0 radical (unpaired) electrons. The average molecular weight is 210 g/mol. The Morgan fingerprint density at radius 2 is 2.00 bits per heavy atom. The first-order valence-corrected chi connectivity index (χ1v) is 4.82. The number of halogens is 3. The maximum absolute atomic E-state index is 12.6. The highest BCUT2D eigenvalue weighted by atomic mass is 19.4. The number of rotatable bonds is 2. The summed E-state index contributed by atoms with van der Waals surface area (Å²) in [5.74, 6) is 0. The van der Waals surface area contributed by atoms with E-state index in [0.29, 0.717) is 6.54 Å². The number of nitrogens with two attached hydrogens (primary N) is 1. The molecule has 1 saturated heterocycles. The van der Waals surface area contributed by atoms with Crippen molar-refractivity contribution in [3.63, 3.8) is 0 Å². The van der Waals surface area contributed by atoms with Crippen LogP contribution in [0.5, 0.6) is 0 Å². The number of hydrogen-bond donors (Lipinski definition) is 1. The lowest BCUT2D eigenvalue weighted by atomic mass is 10.0.